The van der Waals surface area contributed by atoms with E-state index in [9.17, 15) is 14.7 Å². The summed E-state index contributed by atoms with van der Waals surface area (Å²) < 4.78 is 5.12. The highest BCUT2D eigenvalue weighted by molar-refractivity contribution is 5.84. The maximum atomic E-state index is 11.9. The second kappa shape index (κ2) is 6.61. The maximum absolute atomic E-state index is 11.9. The Balaban J connectivity index is 1.91. The minimum Gasteiger partial charge on any atom is -0.480 e. The Morgan fingerprint density at radius 3 is 2.48 bits per heavy atom. The predicted octanol–water partition coefficient (Wildman–Crippen LogP) is 2.95. The number of aliphatic carboxylic acids is 1. The molecule has 1 fully saturated rings. The quantitative estimate of drug-likeness (QED) is 0.894. The average Bonchev–Trinajstić information content (AvgIpc) is 2.48. The van der Waals surface area contributed by atoms with E-state index in [1.165, 1.54) is 0 Å². The van der Waals surface area contributed by atoms with Gasteiger partial charge in [0.15, 0.2) is 0 Å². The second-order valence-corrected chi connectivity index (χ2v) is 5.76. The minimum atomic E-state index is -1.18. The monoisotopic (exact) mass is 291 g/mol. The van der Waals surface area contributed by atoms with Crippen LogP contribution in [0.25, 0.3) is 0 Å². The Hall–Kier alpha value is -2.04. The molecule has 0 atom stereocenters. The van der Waals surface area contributed by atoms with Crippen LogP contribution < -0.4 is 5.32 Å². The molecule has 1 aliphatic rings. The molecule has 114 valence electrons. The van der Waals surface area contributed by atoms with E-state index in [-0.39, 0.29) is 6.61 Å². The maximum Gasteiger partial charge on any atom is 0.408 e. The van der Waals surface area contributed by atoms with Gasteiger partial charge < -0.3 is 15.2 Å². The van der Waals surface area contributed by atoms with E-state index in [2.05, 4.69) is 12.2 Å². The molecule has 1 aromatic rings. The van der Waals surface area contributed by atoms with Crippen LogP contribution in [-0.2, 0) is 16.1 Å². The Morgan fingerprint density at radius 1 is 1.29 bits per heavy atom. The first kappa shape index (κ1) is 15.4. The molecule has 0 spiro atoms. The van der Waals surface area contributed by atoms with Gasteiger partial charge in [0, 0.05) is 0 Å². The van der Waals surface area contributed by atoms with E-state index in [1.54, 1.807) is 0 Å². The zero-order valence-electron chi connectivity index (χ0n) is 12.2. The third-order valence-electron chi connectivity index (χ3n) is 4.09. The molecule has 0 radical (unpaired) electrons. The lowest BCUT2D eigenvalue weighted by atomic mass is 9.77. The van der Waals surface area contributed by atoms with Crippen molar-refractivity contribution < 1.29 is 19.4 Å². The fraction of sp³-hybridized carbons (Fsp3) is 0.500. The highest BCUT2D eigenvalue weighted by Crippen LogP contribution is 2.32. The molecule has 0 aliphatic heterocycles. The summed E-state index contributed by atoms with van der Waals surface area (Å²) in [7, 11) is 0. The lowest BCUT2D eigenvalue weighted by Gasteiger charge is -2.35. The molecule has 2 N–H and O–H groups in total. The number of alkyl carbamates (subject to hydrolysis) is 1. The van der Waals surface area contributed by atoms with E-state index in [0.29, 0.717) is 18.8 Å². The normalized spacial score (nSPS) is 25.1. The van der Waals surface area contributed by atoms with Gasteiger partial charge in [0.2, 0.25) is 0 Å². The van der Waals surface area contributed by atoms with E-state index in [4.69, 9.17) is 4.74 Å². The van der Waals surface area contributed by atoms with Crippen LogP contribution in [0.4, 0.5) is 4.79 Å². The van der Waals surface area contributed by atoms with Gasteiger partial charge in [-0.05, 0) is 37.2 Å². The lowest BCUT2D eigenvalue weighted by Crippen LogP contribution is -2.56. The molecule has 0 heterocycles. The molecule has 1 amide bonds. The third kappa shape index (κ3) is 3.97. The largest absolute Gasteiger partial charge is 0.480 e. The molecule has 0 unspecified atom stereocenters. The lowest BCUT2D eigenvalue weighted by molar-refractivity contribution is -0.146. The van der Waals surface area contributed by atoms with Crippen molar-refractivity contribution in [3.05, 3.63) is 35.9 Å². The van der Waals surface area contributed by atoms with Crippen molar-refractivity contribution in [1.82, 2.24) is 5.32 Å². The van der Waals surface area contributed by atoms with Crippen LogP contribution in [0, 0.1) is 5.92 Å². The summed E-state index contributed by atoms with van der Waals surface area (Å²) in [6, 6.07) is 9.30. The predicted molar refractivity (Wildman–Crippen MR) is 77.8 cm³/mol. The molecular weight excluding hydrogens is 270 g/mol. The summed E-state index contributed by atoms with van der Waals surface area (Å²) in [5, 5.41) is 12.0. The van der Waals surface area contributed by atoms with Crippen LogP contribution in [0.1, 0.15) is 38.2 Å². The van der Waals surface area contributed by atoms with E-state index in [1.807, 2.05) is 30.3 Å². The minimum absolute atomic E-state index is 0.138. The van der Waals surface area contributed by atoms with Crippen LogP contribution in [0.2, 0.25) is 0 Å². The highest BCUT2D eigenvalue weighted by atomic mass is 16.5. The molecule has 5 nitrogen and oxygen atoms in total. The molecule has 0 bridgehead atoms. The fourth-order valence-electron chi connectivity index (χ4n) is 2.60. The standard InChI is InChI=1S/C16H21NO4/c1-12-7-9-16(10-8-12,14(18)19)17-15(20)21-11-13-5-3-2-4-6-13/h2-6,12H,7-11H2,1H3,(H,17,20)(H,18,19). The SMILES string of the molecule is CC1CCC(NC(=O)OCc2ccccc2)(C(=O)O)CC1. The summed E-state index contributed by atoms with van der Waals surface area (Å²) in [4.78, 5) is 23.4. The molecule has 0 saturated heterocycles. The molecule has 1 aromatic carbocycles. The van der Waals surface area contributed by atoms with Gasteiger partial charge in [-0.3, -0.25) is 0 Å². The Kier molecular flexibility index (Phi) is 4.83. The van der Waals surface area contributed by atoms with E-state index in [0.717, 1.165) is 18.4 Å². The van der Waals surface area contributed by atoms with Crippen molar-refractivity contribution in [2.75, 3.05) is 0 Å². The van der Waals surface area contributed by atoms with Gasteiger partial charge in [0.1, 0.15) is 12.1 Å². The Morgan fingerprint density at radius 2 is 1.90 bits per heavy atom. The molecule has 1 saturated carbocycles. The van der Waals surface area contributed by atoms with Crippen LogP contribution in [0.15, 0.2) is 30.3 Å². The van der Waals surface area contributed by atoms with Crippen molar-refractivity contribution >= 4 is 12.1 Å². The van der Waals surface area contributed by atoms with Gasteiger partial charge in [-0.1, -0.05) is 37.3 Å². The topological polar surface area (TPSA) is 75.6 Å². The molecule has 2 rings (SSSR count). The average molecular weight is 291 g/mol. The number of carboxylic acids is 1. The van der Waals surface area contributed by atoms with Crippen LogP contribution in [-0.4, -0.2) is 22.7 Å². The van der Waals surface area contributed by atoms with Gasteiger partial charge in [-0.2, -0.15) is 0 Å². The Bertz CT molecular complexity index is 492. The highest BCUT2D eigenvalue weighted by Gasteiger charge is 2.42. The summed E-state index contributed by atoms with van der Waals surface area (Å²) in [6.45, 7) is 2.23. The van der Waals surface area contributed by atoms with E-state index >= 15 is 0 Å². The van der Waals surface area contributed by atoms with Crippen LogP contribution >= 0.6 is 0 Å². The number of carbonyl (C=O) groups excluding carboxylic acids is 1. The first-order valence-electron chi connectivity index (χ1n) is 7.24. The van der Waals surface area contributed by atoms with Gasteiger partial charge >= 0.3 is 12.1 Å². The molecule has 21 heavy (non-hydrogen) atoms. The van der Waals surface area contributed by atoms with Gasteiger partial charge in [0.25, 0.3) is 0 Å². The fourth-order valence-corrected chi connectivity index (χ4v) is 2.60. The van der Waals surface area contributed by atoms with Gasteiger partial charge in [-0.25, -0.2) is 9.59 Å². The summed E-state index contributed by atoms with van der Waals surface area (Å²) >= 11 is 0. The summed E-state index contributed by atoms with van der Waals surface area (Å²) in [5.41, 5.74) is -0.311. The number of rotatable bonds is 4. The number of amides is 1. The zero-order chi connectivity index (χ0) is 15.3. The van der Waals surface area contributed by atoms with Crippen LogP contribution in [0.5, 0.6) is 0 Å². The summed E-state index contributed by atoms with van der Waals surface area (Å²) in [5.74, 6) is -0.481. The number of carboxylic acid groups (broad SMARTS) is 1. The van der Waals surface area contributed by atoms with Gasteiger partial charge in [0.05, 0.1) is 0 Å². The van der Waals surface area contributed by atoms with Gasteiger partial charge in [-0.15, -0.1) is 0 Å². The van der Waals surface area contributed by atoms with E-state index < -0.39 is 17.6 Å². The number of carbonyl (C=O) groups is 2. The number of hydrogen-bond acceptors (Lipinski definition) is 3. The molecular formula is C16H21NO4. The number of ether oxygens (including phenoxy) is 1. The summed E-state index contributed by atoms with van der Waals surface area (Å²) in [6.07, 6.45) is 1.82. The third-order valence-corrected chi connectivity index (χ3v) is 4.09. The van der Waals surface area contributed by atoms with Crippen molar-refractivity contribution in [2.45, 2.75) is 44.8 Å². The van der Waals surface area contributed by atoms with Crippen molar-refractivity contribution in [3.8, 4) is 0 Å². The zero-order valence-corrected chi connectivity index (χ0v) is 12.2. The Labute approximate surface area is 124 Å². The van der Waals surface area contributed by atoms with Crippen LogP contribution in [0.3, 0.4) is 0 Å². The number of nitrogens with one attached hydrogen (secondary N) is 1. The van der Waals surface area contributed by atoms with Crippen molar-refractivity contribution in [1.29, 1.82) is 0 Å². The van der Waals surface area contributed by atoms with Crippen molar-refractivity contribution in [2.24, 2.45) is 5.92 Å². The molecule has 5 heteroatoms. The number of benzene rings is 1. The smallest absolute Gasteiger partial charge is 0.408 e. The number of hydrogen-bond donors (Lipinski definition) is 2. The first-order valence-corrected chi connectivity index (χ1v) is 7.24. The molecule has 0 aromatic heterocycles. The first-order chi connectivity index (χ1) is 10.0. The molecule has 1 aliphatic carbocycles. The second-order valence-electron chi connectivity index (χ2n) is 5.76. The van der Waals surface area contributed by atoms with Crippen molar-refractivity contribution in [3.63, 3.8) is 0 Å².